The Morgan fingerprint density at radius 1 is 1.38 bits per heavy atom. The first-order chi connectivity index (χ1) is 9.99. The molecule has 1 aromatic carbocycles. The largest absolute Gasteiger partial charge is 0.346 e. The first-order valence-corrected chi connectivity index (χ1v) is 5.65. The van der Waals surface area contributed by atoms with Crippen LogP contribution in [0.5, 0.6) is 0 Å². The molecule has 1 aromatic heterocycles. The molecule has 108 valence electrons. The van der Waals surface area contributed by atoms with Crippen LogP contribution in [-0.2, 0) is 6.54 Å². The normalized spacial score (nSPS) is 10.2. The summed E-state index contributed by atoms with van der Waals surface area (Å²) in [7, 11) is 0. The third-order valence-corrected chi connectivity index (χ3v) is 2.53. The number of hydrogen-bond acceptors (Lipinski definition) is 5. The number of aromatic nitrogens is 2. The van der Waals surface area contributed by atoms with Gasteiger partial charge in [0.25, 0.3) is 5.91 Å². The summed E-state index contributed by atoms with van der Waals surface area (Å²) in [6, 6.07) is 2.53. The lowest BCUT2D eigenvalue weighted by molar-refractivity contribution is -0.387. The van der Waals surface area contributed by atoms with E-state index in [9.17, 15) is 23.7 Å². The summed E-state index contributed by atoms with van der Waals surface area (Å²) in [4.78, 5) is 28.8. The molecule has 0 fully saturated rings. The van der Waals surface area contributed by atoms with Gasteiger partial charge in [0.1, 0.15) is 12.1 Å². The van der Waals surface area contributed by atoms with E-state index in [0.29, 0.717) is 17.8 Å². The molecule has 0 aliphatic heterocycles. The minimum absolute atomic E-state index is 0.0505. The molecule has 2 rings (SSSR count). The van der Waals surface area contributed by atoms with E-state index in [-0.39, 0.29) is 6.54 Å². The Balaban J connectivity index is 2.21. The van der Waals surface area contributed by atoms with Crippen LogP contribution < -0.4 is 5.32 Å². The Morgan fingerprint density at radius 2 is 2.14 bits per heavy atom. The average molecular weight is 294 g/mol. The van der Waals surface area contributed by atoms with E-state index in [0.717, 1.165) is 0 Å². The molecular formula is C12H8F2N4O3. The van der Waals surface area contributed by atoms with E-state index in [2.05, 4.69) is 15.3 Å². The predicted octanol–water partition coefficient (Wildman–Crippen LogP) is 1.59. The molecule has 0 spiro atoms. The zero-order chi connectivity index (χ0) is 15.4. The monoisotopic (exact) mass is 294 g/mol. The smallest absolute Gasteiger partial charge is 0.308 e. The Kier molecular flexibility index (Phi) is 4.12. The van der Waals surface area contributed by atoms with Crippen molar-refractivity contribution in [2.45, 2.75) is 6.54 Å². The molecule has 0 aliphatic carbocycles. The molecule has 7 nitrogen and oxygen atoms in total. The fourth-order valence-corrected chi connectivity index (χ4v) is 1.56. The predicted molar refractivity (Wildman–Crippen MR) is 66.2 cm³/mol. The van der Waals surface area contributed by atoms with Gasteiger partial charge in [-0.3, -0.25) is 14.9 Å². The van der Waals surface area contributed by atoms with Gasteiger partial charge in [0.15, 0.2) is 0 Å². The van der Waals surface area contributed by atoms with Crippen molar-refractivity contribution < 1.29 is 18.5 Å². The standard InChI is InChI=1S/C12H8F2N4O3/c13-7-3-9(11(14)10(4-7)18(20)21)12(19)16-5-8-1-2-15-6-17-8/h1-4,6H,5H2,(H,16,19). The molecule has 21 heavy (non-hydrogen) atoms. The molecule has 1 heterocycles. The summed E-state index contributed by atoms with van der Waals surface area (Å²) < 4.78 is 27.0. The van der Waals surface area contributed by atoms with Crippen LogP contribution in [-0.4, -0.2) is 20.8 Å². The van der Waals surface area contributed by atoms with Crippen molar-refractivity contribution in [3.05, 3.63) is 63.7 Å². The van der Waals surface area contributed by atoms with Crippen LogP contribution in [0.25, 0.3) is 0 Å². The van der Waals surface area contributed by atoms with Gasteiger partial charge in [-0.25, -0.2) is 14.4 Å². The van der Waals surface area contributed by atoms with Crippen LogP contribution in [0.1, 0.15) is 16.1 Å². The van der Waals surface area contributed by atoms with Crippen LogP contribution in [0.3, 0.4) is 0 Å². The number of nitrogens with zero attached hydrogens (tertiary/aromatic N) is 3. The molecule has 1 N–H and O–H groups in total. The van der Waals surface area contributed by atoms with Gasteiger partial charge < -0.3 is 5.32 Å². The lowest BCUT2D eigenvalue weighted by Gasteiger charge is -2.06. The molecule has 0 unspecified atom stereocenters. The Bertz CT molecular complexity index is 694. The summed E-state index contributed by atoms with van der Waals surface area (Å²) >= 11 is 0. The molecule has 0 saturated carbocycles. The molecule has 2 aromatic rings. The number of rotatable bonds is 4. The third kappa shape index (κ3) is 3.32. The van der Waals surface area contributed by atoms with Crippen LogP contribution in [0, 0.1) is 21.7 Å². The molecule has 0 bridgehead atoms. The molecule has 0 radical (unpaired) electrons. The quantitative estimate of drug-likeness (QED) is 0.682. The van der Waals surface area contributed by atoms with Crippen molar-refractivity contribution in [2.24, 2.45) is 0 Å². The van der Waals surface area contributed by atoms with Gasteiger partial charge >= 0.3 is 5.69 Å². The number of carbonyl (C=O) groups excluding carboxylic acids is 1. The summed E-state index contributed by atoms with van der Waals surface area (Å²) in [5.74, 6) is -3.44. The van der Waals surface area contributed by atoms with Gasteiger partial charge in [0, 0.05) is 6.20 Å². The zero-order valence-corrected chi connectivity index (χ0v) is 10.4. The minimum Gasteiger partial charge on any atom is -0.346 e. The fourth-order valence-electron chi connectivity index (χ4n) is 1.56. The van der Waals surface area contributed by atoms with Gasteiger partial charge in [-0.1, -0.05) is 0 Å². The number of halogens is 2. The summed E-state index contributed by atoms with van der Waals surface area (Å²) in [6.45, 7) is -0.0505. The van der Waals surface area contributed by atoms with Crippen molar-refractivity contribution in [3.63, 3.8) is 0 Å². The Labute approximate surface area is 116 Å². The highest BCUT2D eigenvalue weighted by molar-refractivity contribution is 5.95. The van der Waals surface area contributed by atoms with Crippen molar-refractivity contribution in [2.75, 3.05) is 0 Å². The number of benzene rings is 1. The van der Waals surface area contributed by atoms with Gasteiger partial charge in [-0.15, -0.1) is 0 Å². The number of nitro groups is 1. The van der Waals surface area contributed by atoms with Gasteiger partial charge in [0.2, 0.25) is 5.82 Å². The average Bonchev–Trinajstić information content (AvgIpc) is 2.47. The van der Waals surface area contributed by atoms with Crippen LogP contribution >= 0.6 is 0 Å². The Hall–Kier alpha value is -2.97. The molecule has 1 amide bonds. The second-order valence-corrected chi connectivity index (χ2v) is 3.93. The summed E-state index contributed by atoms with van der Waals surface area (Å²) in [6.07, 6.45) is 2.71. The highest BCUT2D eigenvalue weighted by Gasteiger charge is 2.24. The number of nitro benzene ring substituents is 1. The lowest BCUT2D eigenvalue weighted by atomic mass is 10.1. The lowest BCUT2D eigenvalue weighted by Crippen LogP contribution is -2.24. The molecule has 0 saturated heterocycles. The second-order valence-electron chi connectivity index (χ2n) is 3.93. The number of hydrogen-bond donors (Lipinski definition) is 1. The second kappa shape index (κ2) is 5.99. The molecule has 9 heteroatoms. The van der Waals surface area contributed by atoms with E-state index in [1.807, 2.05) is 0 Å². The topological polar surface area (TPSA) is 98.0 Å². The number of carbonyl (C=O) groups is 1. The number of amides is 1. The van der Waals surface area contributed by atoms with Crippen LogP contribution in [0.4, 0.5) is 14.5 Å². The van der Waals surface area contributed by atoms with E-state index in [1.165, 1.54) is 18.6 Å². The summed E-state index contributed by atoms with van der Waals surface area (Å²) in [5, 5.41) is 12.9. The van der Waals surface area contributed by atoms with Crippen LogP contribution in [0.2, 0.25) is 0 Å². The molecular weight excluding hydrogens is 286 g/mol. The maximum absolute atomic E-state index is 13.8. The van der Waals surface area contributed by atoms with Crippen molar-refractivity contribution in [1.29, 1.82) is 0 Å². The van der Waals surface area contributed by atoms with E-state index >= 15 is 0 Å². The van der Waals surface area contributed by atoms with Crippen molar-refractivity contribution >= 4 is 11.6 Å². The van der Waals surface area contributed by atoms with Crippen molar-refractivity contribution in [3.8, 4) is 0 Å². The first kappa shape index (κ1) is 14.4. The minimum atomic E-state index is -1.39. The zero-order valence-electron chi connectivity index (χ0n) is 10.4. The fraction of sp³-hybridized carbons (Fsp3) is 0.0833. The van der Waals surface area contributed by atoms with Gasteiger partial charge in [-0.05, 0) is 12.1 Å². The summed E-state index contributed by atoms with van der Waals surface area (Å²) in [5.41, 5.74) is -1.39. The van der Waals surface area contributed by atoms with Gasteiger partial charge in [0.05, 0.1) is 28.8 Å². The number of nitrogens with one attached hydrogen (secondary N) is 1. The maximum Gasteiger partial charge on any atom is 0.308 e. The first-order valence-electron chi connectivity index (χ1n) is 5.65. The van der Waals surface area contributed by atoms with E-state index in [1.54, 1.807) is 0 Å². The Morgan fingerprint density at radius 3 is 2.76 bits per heavy atom. The maximum atomic E-state index is 13.8. The SMILES string of the molecule is O=C(NCc1ccncn1)c1cc(F)cc([N+](=O)[O-])c1F. The molecule has 0 atom stereocenters. The van der Waals surface area contributed by atoms with E-state index in [4.69, 9.17) is 0 Å². The highest BCUT2D eigenvalue weighted by Crippen LogP contribution is 2.22. The highest BCUT2D eigenvalue weighted by atomic mass is 19.1. The van der Waals surface area contributed by atoms with Crippen LogP contribution in [0.15, 0.2) is 30.7 Å². The third-order valence-electron chi connectivity index (χ3n) is 2.53. The van der Waals surface area contributed by atoms with Crippen molar-refractivity contribution in [1.82, 2.24) is 15.3 Å². The molecule has 0 aliphatic rings. The van der Waals surface area contributed by atoms with Gasteiger partial charge in [-0.2, -0.15) is 4.39 Å². The van der Waals surface area contributed by atoms with E-state index < -0.39 is 33.7 Å².